The molecule has 1 fully saturated rings. The summed E-state index contributed by atoms with van der Waals surface area (Å²) < 4.78 is 5.27. The van der Waals surface area contributed by atoms with Gasteiger partial charge in [0, 0.05) is 6.04 Å². The third kappa shape index (κ3) is 3.76. The summed E-state index contributed by atoms with van der Waals surface area (Å²) in [7, 11) is 0. The van der Waals surface area contributed by atoms with Crippen molar-refractivity contribution < 1.29 is 9.21 Å². The van der Waals surface area contributed by atoms with E-state index in [1.165, 1.54) is 19.3 Å². The van der Waals surface area contributed by atoms with Gasteiger partial charge < -0.3 is 15.1 Å². The number of urea groups is 1. The largest absolute Gasteiger partial charge is 0.444 e. The third-order valence-corrected chi connectivity index (χ3v) is 3.01. The fourth-order valence-electron chi connectivity index (χ4n) is 2.12. The molecule has 0 radical (unpaired) electrons. The highest BCUT2D eigenvalue weighted by Crippen LogP contribution is 2.17. The van der Waals surface area contributed by atoms with Gasteiger partial charge in [-0.2, -0.15) is 0 Å². The topological polar surface area (TPSA) is 67.2 Å². The molecule has 1 saturated carbocycles. The van der Waals surface area contributed by atoms with Gasteiger partial charge in [-0.1, -0.05) is 19.3 Å². The van der Waals surface area contributed by atoms with Gasteiger partial charge in [-0.05, 0) is 19.8 Å². The number of hydrogen-bond donors (Lipinski definition) is 2. The second kappa shape index (κ2) is 5.70. The zero-order valence-electron chi connectivity index (χ0n) is 10.2. The number of amides is 2. The number of aryl methyl sites for hydroxylation is 1. The Hall–Kier alpha value is -1.52. The molecule has 1 aromatic heterocycles. The van der Waals surface area contributed by atoms with Gasteiger partial charge in [0.05, 0.1) is 12.7 Å². The lowest BCUT2D eigenvalue weighted by Crippen LogP contribution is -2.42. The second-order valence-electron chi connectivity index (χ2n) is 4.53. The van der Waals surface area contributed by atoms with E-state index in [1.54, 1.807) is 6.20 Å². The zero-order valence-corrected chi connectivity index (χ0v) is 10.2. The highest BCUT2D eigenvalue weighted by atomic mass is 16.4. The Morgan fingerprint density at radius 2 is 2.24 bits per heavy atom. The van der Waals surface area contributed by atoms with Gasteiger partial charge >= 0.3 is 6.03 Å². The van der Waals surface area contributed by atoms with Crippen molar-refractivity contribution in [1.29, 1.82) is 0 Å². The van der Waals surface area contributed by atoms with Crippen molar-refractivity contribution >= 4 is 6.03 Å². The van der Waals surface area contributed by atoms with Gasteiger partial charge in [-0.3, -0.25) is 0 Å². The summed E-state index contributed by atoms with van der Waals surface area (Å²) in [4.78, 5) is 15.6. The minimum Gasteiger partial charge on any atom is -0.444 e. The van der Waals surface area contributed by atoms with Crippen molar-refractivity contribution in [2.75, 3.05) is 0 Å². The minimum atomic E-state index is -0.132. The van der Waals surface area contributed by atoms with Gasteiger partial charge in [0.1, 0.15) is 5.76 Å². The lowest BCUT2D eigenvalue weighted by atomic mass is 9.96. The van der Waals surface area contributed by atoms with E-state index in [2.05, 4.69) is 15.6 Å². The number of nitrogens with zero attached hydrogens (tertiary/aromatic N) is 1. The molecule has 0 atom stereocenters. The molecule has 1 aromatic rings. The molecule has 0 bridgehead atoms. The quantitative estimate of drug-likeness (QED) is 0.846. The average Bonchev–Trinajstić information content (AvgIpc) is 2.74. The normalized spacial score (nSPS) is 16.8. The van der Waals surface area contributed by atoms with Gasteiger partial charge in [0.2, 0.25) is 5.89 Å². The van der Waals surface area contributed by atoms with Crippen LogP contribution in [-0.2, 0) is 6.54 Å². The van der Waals surface area contributed by atoms with Crippen LogP contribution in [0.25, 0.3) is 0 Å². The minimum absolute atomic E-state index is 0.132. The second-order valence-corrected chi connectivity index (χ2v) is 4.53. The Kier molecular flexibility index (Phi) is 4.01. The van der Waals surface area contributed by atoms with E-state index in [0.717, 1.165) is 18.6 Å². The molecule has 94 valence electrons. The average molecular weight is 237 g/mol. The molecule has 0 saturated heterocycles. The van der Waals surface area contributed by atoms with Crippen LogP contribution in [0.3, 0.4) is 0 Å². The maximum absolute atomic E-state index is 11.6. The number of aromatic nitrogens is 1. The Labute approximate surface area is 101 Å². The highest BCUT2D eigenvalue weighted by molar-refractivity contribution is 5.74. The van der Waals surface area contributed by atoms with Crippen LogP contribution in [0.5, 0.6) is 0 Å². The zero-order chi connectivity index (χ0) is 12.1. The van der Waals surface area contributed by atoms with Gasteiger partial charge in [-0.15, -0.1) is 0 Å². The summed E-state index contributed by atoms with van der Waals surface area (Å²) >= 11 is 0. The molecule has 5 nitrogen and oxygen atoms in total. The predicted octanol–water partition coefficient (Wildman–Crippen LogP) is 2.11. The first-order valence-electron chi connectivity index (χ1n) is 6.20. The van der Waals surface area contributed by atoms with Crippen molar-refractivity contribution in [1.82, 2.24) is 15.6 Å². The van der Waals surface area contributed by atoms with Crippen molar-refractivity contribution in [2.24, 2.45) is 0 Å². The summed E-state index contributed by atoms with van der Waals surface area (Å²) in [5.74, 6) is 1.30. The van der Waals surface area contributed by atoms with Crippen LogP contribution in [-0.4, -0.2) is 17.1 Å². The van der Waals surface area contributed by atoms with Gasteiger partial charge in [-0.25, -0.2) is 9.78 Å². The summed E-state index contributed by atoms with van der Waals surface area (Å²) in [5, 5.41) is 5.73. The van der Waals surface area contributed by atoms with Crippen molar-refractivity contribution in [3.8, 4) is 0 Å². The van der Waals surface area contributed by atoms with Gasteiger partial charge in [0.15, 0.2) is 0 Å². The summed E-state index contributed by atoms with van der Waals surface area (Å²) in [6.45, 7) is 2.17. The first kappa shape index (κ1) is 12.0. The number of nitrogens with one attached hydrogen (secondary N) is 2. The van der Waals surface area contributed by atoms with Crippen LogP contribution in [0.2, 0.25) is 0 Å². The van der Waals surface area contributed by atoms with Crippen LogP contribution < -0.4 is 10.6 Å². The predicted molar refractivity (Wildman–Crippen MR) is 63.5 cm³/mol. The Balaban J connectivity index is 1.70. The van der Waals surface area contributed by atoms with Crippen molar-refractivity contribution in [3.63, 3.8) is 0 Å². The fourth-order valence-corrected chi connectivity index (χ4v) is 2.12. The summed E-state index contributed by atoms with van der Waals surface area (Å²) in [5.41, 5.74) is 0. The lowest BCUT2D eigenvalue weighted by molar-refractivity contribution is 0.231. The molecule has 1 heterocycles. The van der Waals surface area contributed by atoms with E-state index < -0.39 is 0 Å². The van der Waals surface area contributed by atoms with E-state index in [0.29, 0.717) is 18.5 Å². The number of carbonyl (C=O) groups excluding carboxylic acids is 1. The summed E-state index contributed by atoms with van der Waals surface area (Å²) in [6, 6.07) is 0.197. The molecule has 1 aliphatic rings. The molecule has 0 aromatic carbocycles. The summed E-state index contributed by atoms with van der Waals surface area (Å²) in [6.07, 6.45) is 7.54. The number of rotatable bonds is 3. The molecule has 0 aliphatic heterocycles. The molecule has 5 heteroatoms. The number of oxazole rings is 1. The van der Waals surface area contributed by atoms with Crippen molar-refractivity contribution in [2.45, 2.75) is 51.6 Å². The number of hydrogen-bond acceptors (Lipinski definition) is 3. The maximum Gasteiger partial charge on any atom is 0.315 e. The van der Waals surface area contributed by atoms with Crippen LogP contribution in [0.1, 0.15) is 43.8 Å². The van der Waals surface area contributed by atoms with E-state index in [9.17, 15) is 4.79 Å². The van der Waals surface area contributed by atoms with Gasteiger partial charge in [0.25, 0.3) is 0 Å². The molecule has 0 spiro atoms. The SMILES string of the molecule is Cc1cnc(CNC(=O)NC2CCCCC2)o1. The molecule has 0 unspecified atom stereocenters. The van der Waals surface area contributed by atoms with E-state index >= 15 is 0 Å². The van der Waals surface area contributed by atoms with Crippen LogP contribution >= 0.6 is 0 Å². The Bertz CT molecular complexity index is 370. The smallest absolute Gasteiger partial charge is 0.315 e. The lowest BCUT2D eigenvalue weighted by Gasteiger charge is -2.22. The molecule has 17 heavy (non-hydrogen) atoms. The fraction of sp³-hybridized carbons (Fsp3) is 0.667. The third-order valence-electron chi connectivity index (χ3n) is 3.01. The maximum atomic E-state index is 11.6. The Morgan fingerprint density at radius 3 is 2.88 bits per heavy atom. The molecule has 1 aliphatic carbocycles. The molecule has 2 rings (SSSR count). The van der Waals surface area contributed by atoms with Crippen LogP contribution in [0, 0.1) is 6.92 Å². The standard InChI is InChI=1S/C12H19N3O2/c1-9-7-13-11(17-9)8-14-12(16)15-10-5-3-2-4-6-10/h7,10H,2-6,8H2,1H3,(H2,14,15,16). The first-order valence-corrected chi connectivity index (χ1v) is 6.20. The number of carbonyl (C=O) groups is 1. The van der Waals surface area contributed by atoms with Crippen LogP contribution in [0.4, 0.5) is 4.79 Å². The highest BCUT2D eigenvalue weighted by Gasteiger charge is 2.15. The monoisotopic (exact) mass is 237 g/mol. The van der Waals surface area contributed by atoms with Crippen LogP contribution in [0.15, 0.2) is 10.6 Å². The Morgan fingerprint density at radius 1 is 1.47 bits per heavy atom. The van der Waals surface area contributed by atoms with E-state index in [1.807, 2.05) is 6.92 Å². The first-order chi connectivity index (χ1) is 8.24. The van der Waals surface area contributed by atoms with E-state index in [4.69, 9.17) is 4.42 Å². The molecular formula is C12H19N3O2. The molecule has 2 N–H and O–H groups in total. The molecule has 2 amide bonds. The van der Waals surface area contributed by atoms with E-state index in [-0.39, 0.29) is 6.03 Å². The van der Waals surface area contributed by atoms with Crippen molar-refractivity contribution in [3.05, 3.63) is 17.8 Å². The molecular weight excluding hydrogens is 218 g/mol.